The highest BCUT2D eigenvalue weighted by Gasteiger charge is 2.36. The van der Waals surface area contributed by atoms with E-state index in [0.717, 1.165) is 31.2 Å². The van der Waals surface area contributed by atoms with Crippen LogP contribution in [-0.4, -0.2) is 44.6 Å². The molecule has 0 heterocycles. The van der Waals surface area contributed by atoms with E-state index in [4.69, 9.17) is 22.1 Å². The van der Waals surface area contributed by atoms with Crippen molar-refractivity contribution in [2.24, 2.45) is 11.7 Å². The third-order valence-electron chi connectivity index (χ3n) is 6.07. The van der Waals surface area contributed by atoms with Crippen molar-refractivity contribution in [2.75, 3.05) is 13.7 Å². The van der Waals surface area contributed by atoms with Gasteiger partial charge in [-0.15, -0.1) is 0 Å². The monoisotopic (exact) mass is 493 g/mol. The Kier molecular flexibility index (Phi) is 8.89. The van der Waals surface area contributed by atoms with Gasteiger partial charge in [-0.2, -0.15) is 4.31 Å². The minimum atomic E-state index is -3.73. The normalized spacial score (nSPS) is 19.9. The molecule has 0 bridgehead atoms. The van der Waals surface area contributed by atoms with Crippen LogP contribution >= 0.6 is 11.6 Å². The summed E-state index contributed by atoms with van der Waals surface area (Å²) in [4.78, 5) is 12.6. The maximum atomic E-state index is 13.6. The fourth-order valence-corrected chi connectivity index (χ4v) is 6.13. The number of carbonyl (C=O) groups is 1. The van der Waals surface area contributed by atoms with Crippen molar-refractivity contribution in [3.63, 3.8) is 0 Å². The minimum Gasteiger partial charge on any atom is -0.381 e. The molecule has 9 heteroatoms. The summed E-state index contributed by atoms with van der Waals surface area (Å²) in [6, 6.07) is 13.1. The Morgan fingerprint density at radius 3 is 2.39 bits per heavy atom. The van der Waals surface area contributed by atoms with E-state index in [9.17, 15) is 13.2 Å². The SMILES string of the molecule is COC[C@@H](N)NC(=O)c1ccc(CN(C2CCCCC2C)S(=O)(=O)c2ccc(Cl)cc2)cc1. The van der Waals surface area contributed by atoms with E-state index in [1.165, 1.54) is 7.11 Å². The van der Waals surface area contributed by atoms with E-state index in [2.05, 4.69) is 12.2 Å². The standard InChI is InChI=1S/C24H32ClN3O4S/c1-17-5-3-4-6-22(17)28(33(30,31)21-13-11-20(25)12-14-21)15-18-7-9-19(10-8-18)24(29)27-23(26)16-32-2/h7-14,17,22-23H,3-6,15-16,26H2,1-2H3,(H,27,29)/t17?,22?,23-/m0/s1. The first kappa shape index (κ1) is 25.6. The number of halogens is 1. The highest BCUT2D eigenvalue weighted by Crippen LogP contribution is 2.33. The quantitative estimate of drug-likeness (QED) is 0.518. The van der Waals surface area contributed by atoms with Crippen molar-refractivity contribution >= 4 is 27.5 Å². The maximum absolute atomic E-state index is 13.6. The van der Waals surface area contributed by atoms with Crippen LogP contribution < -0.4 is 11.1 Å². The zero-order valence-corrected chi connectivity index (χ0v) is 20.6. The Morgan fingerprint density at radius 1 is 1.15 bits per heavy atom. The Hall–Kier alpha value is -1.97. The predicted molar refractivity (Wildman–Crippen MR) is 129 cm³/mol. The molecule has 3 atom stereocenters. The summed E-state index contributed by atoms with van der Waals surface area (Å²) in [6.07, 6.45) is 3.34. The van der Waals surface area contributed by atoms with Crippen LogP contribution in [0.15, 0.2) is 53.4 Å². The van der Waals surface area contributed by atoms with Crippen molar-refractivity contribution in [3.8, 4) is 0 Å². The lowest BCUT2D eigenvalue weighted by Gasteiger charge is -2.37. The van der Waals surface area contributed by atoms with Gasteiger partial charge in [0.15, 0.2) is 0 Å². The Bertz CT molecular complexity index is 1030. The number of nitrogens with zero attached hydrogens (tertiary/aromatic N) is 1. The van der Waals surface area contributed by atoms with Crippen LogP contribution in [0.4, 0.5) is 0 Å². The molecule has 33 heavy (non-hydrogen) atoms. The molecule has 1 amide bonds. The van der Waals surface area contributed by atoms with Crippen molar-refractivity contribution < 1.29 is 17.9 Å². The largest absolute Gasteiger partial charge is 0.381 e. The first-order valence-electron chi connectivity index (χ1n) is 11.1. The molecule has 1 saturated carbocycles. The molecular weight excluding hydrogens is 462 g/mol. The lowest BCUT2D eigenvalue weighted by atomic mass is 9.86. The molecule has 3 N–H and O–H groups in total. The van der Waals surface area contributed by atoms with Gasteiger partial charge < -0.3 is 15.8 Å². The first-order valence-corrected chi connectivity index (χ1v) is 13.0. The third kappa shape index (κ3) is 6.55. The van der Waals surface area contributed by atoms with Gasteiger partial charge in [-0.05, 0) is 60.7 Å². The molecule has 0 saturated heterocycles. The number of sulfonamides is 1. The summed E-state index contributed by atoms with van der Waals surface area (Å²) in [5, 5.41) is 3.15. The van der Waals surface area contributed by atoms with Crippen LogP contribution in [0.5, 0.6) is 0 Å². The molecule has 1 aliphatic carbocycles. The molecule has 7 nitrogen and oxygen atoms in total. The summed E-state index contributed by atoms with van der Waals surface area (Å²) < 4.78 is 33.8. The van der Waals surface area contributed by atoms with E-state index in [1.54, 1.807) is 52.8 Å². The molecule has 0 spiro atoms. The molecular formula is C24H32ClN3O4S. The van der Waals surface area contributed by atoms with E-state index >= 15 is 0 Å². The predicted octanol–water partition coefficient (Wildman–Crippen LogP) is 3.77. The van der Waals surface area contributed by atoms with Gasteiger partial charge in [-0.1, -0.05) is 43.5 Å². The number of nitrogens with two attached hydrogens (primary N) is 1. The topological polar surface area (TPSA) is 102 Å². The van der Waals surface area contributed by atoms with Crippen LogP contribution in [0.3, 0.4) is 0 Å². The molecule has 3 rings (SSSR count). The lowest BCUT2D eigenvalue weighted by Crippen LogP contribution is -2.45. The highest BCUT2D eigenvalue weighted by molar-refractivity contribution is 7.89. The van der Waals surface area contributed by atoms with Gasteiger partial charge in [0, 0.05) is 30.3 Å². The van der Waals surface area contributed by atoms with Crippen molar-refractivity contribution in [3.05, 3.63) is 64.7 Å². The van der Waals surface area contributed by atoms with E-state index in [-0.39, 0.29) is 35.9 Å². The van der Waals surface area contributed by atoms with E-state index < -0.39 is 16.2 Å². The van der Waals surface area contributed by atoms with Crippen LogP contribution in [-0.2, 0) is 21.3 Å². The van der Waals surface area contributed by atoms with E-state index in [0.29, 0.717) is 10.6 Å². The second kappa shape index (κ2) is 11.4. The summed E-state index contributed by atoms with van der Waals surface area (Å²) in [5.41, 5.74) is 7.04. The highest BCUT2D eigenvalue weighted by atomic mass is 35.5. The summed E-state index contributed by atoms with van der Waals surface area (Å²) in [5.74, 6) is -0.0502. The number of ether oxygens (including phenoxy) is 1. The fraction of sp³-hybridized carbons (Fsp3) is 0.458. The van der Waals surface area contributed by atoms with Crippen LogP contribution in [0.25, 0.3) is 0 Å². The second-order valence-corrected chi connectivity index (χ2v) is 10.9. The van der Waals surface area contributed by atoms with Crippen molar-refractivity contribution in [2.45, 2.75) is 56.3 Å². The van der Waals surface area contributed by atoms with Gasteiger partial charge in [0.05, 0.1) is 11.5 Å². The molecule has 1 fully saturated rings. The number of carbonyl (C=O) groups excluding carboxylic acids is 1. The smallest absolute Gasteiger partial charge is 0.252 e. The summed E-state index contributed by atoms with van der Waals surface area (Å²) in [6.45, 7) is 2.55. The van der Waals surface area contributed by atoms with Gasteiger partial charge in [0.2, 0.25) is 10.0 Å². The van der Waals surface area contributed by atoms with Crippen molar-refractivity contribution in [1.29, 1.82) is 0 Å². The van der Waals surface area contributed by atoms with Gasteiger partial charge in [0.1, 0.15) is 6.17 Å². The Morgan fingerprint density at radius 2 is 1.79 bits per heavy atom. The Labute approximate surface area is 201 Å². The zero-order valence-electron chi connectivity index (χ0n) is 19.0. The van der Waals surface area contributed by atoms with Crippen LogP contribution in [0.2, 0.25) is 5.02 Å². The third-order valence-corrected chi connectivity index (χ3v) is 8.21. The molecule has 0 aromatic heterocycles. The second-order valence-electron chi connectivity index (χ2n) is 8.57. The fourth-order valence-electron chi connectivity index (χ4n) is 4.26. The molecule has 1 aliphatic rings. The number of nitrogens with one attached hydrogen (secondary N) is 1. The number of rotatable bonds is 9. The zero-order chi connectivity index (χ0) is 24.0. The molecule has 0 aliphatic heterocycles. The number of hydrogen-bond donors (Lipinski definition) is 2. The van der Waals surface area contributed by atoms with Gasteiger partial charge in [0.25, 0.3) is 5.91 Å². The molecule has 2 unspecified atom stereocenters. The van der Waals surface area contributed by atoms with Crippen LogP contribution in [0.1, 0.15) is 48.5 Å². The molecule has 2 aromatic carbocycles. The van der Waals surface area contributed by atoms with Gasteiger partial charge in [-0.3, -0.25) is 4.79 Å². The van der Waals surface area contributed by atoms with E-state index in [1.807, 2.05) is 0 Å². The number of amides is 1. The summed E-state index contributed by atoms with van der Waals surface area (Å²) in [7, 11) is -2.22. The minimum absolute atomic E-state index is 0.0885. The number of methoxy groups -OCH3 is 1. The average molecular weight is 494 g/mol. The number of benzene rings is 2. The molecule has 180 valence electrons. The molecule has 2 aromatic rings. The Balaban J connectivity index is 1.84. The van der Waals surface area contributed by atoms with Gasteiger partial charge >= 0.3 is 0 Å². The lowest BCUT2D eigenvalue weighted by molar-refractivity contribution is 0.0900. The van der Waals surface area contributed by atoms with Crippen molar-refractivity contribution in [1.82, 2.24) is 9.62 Å². The average Bonchev–Trinajstić information content (AvgIpc) is 2.79. The first-order chi connectivity index (χ1) is 15.7. The van der Waals surface area contributed by atoms with Crippen LogP contribution in [0, 0.1) is 5.92 Å². The van der Waals surface area contributed by atoms with Gasteiger partial charge in [-0.25, -0.2) is 8.42 Å². The molecule has 0 radical (unpaired) electrons. The maximum Gasteiger partial charge on any atom is 0.252 e. The number of hydrogen-bond acceptors (Lipinski definition) is 5. The summed E-state index contributed by atoms with van der Waals surface area (Å²) >= 11 is 5.98.